The monoisotopic (exact) mass is 300 g/mol. The predicted molar refractivity (Wildman–Crippen MR) is 87.8 cm³/mol. The molecule has 1 atom stereocenters. The zero-order valence-corrected chi connectivity index (χ0v) is 13.4. The first-order valence-corrected chi connectivity index (χ1v) is 8.11. The van der Waals surface area contributed by atoms with Crippen LogP contribution in [-0.2, 0) is 4.79 Å². The predicted octanol–water partition coefficient (Wildman–Crippen LogP) is 3.67. The van der Waals surface area contributed by atoms with E-state index in [0.29, 0.717) is 17.8 Å². The number of hydrogen-bond donors (Lipinski definition) is 0. The molecular weight excluding hydrogens is 276 g/mol. The van der Waals surface area contributed by atoms with Gasteiger partial charge in [0.15, 0.2) is 5.78 Å². The summed E-state index contributed by atoms with van der Waals surface area (Å²) >= 11 is 0. The lowest BCUT2D eigenvalue weighted by atomic mass is 9.94. The van der Waals surface area contributed by atoms with Gasteiger partial charge in [-0.3, -0.25) is 9.59 Å². The molecule has 0 N–H and O–H groups in total. The molecular formula is C18H24N2O2. The molecule has 22 heavy (non-hydrogen) atoms. The zero-order valence-electron chi connectivity index (χ0n) is 13.4. The van der Waals surface area contributed by atoms with Gasteiger partial charge in [0.05, 0.1) is 5.71 Å². The van der Waals surface area contributed by atoms with Crippen LogP contribution in [-0.4, -0.2) is 29.0 Å². The largest absolute Gasteiger partial charge is 0.293 e. The molecule has 1 aliphatic heterocycles. The van der Waals surface area contributed by atoms with Crippen molar-refractivity contribution in [2.45, 2.75) is 46.0 Å². The molecule has 4 nitrogen and oxygen atoms in total. The van der Waals surface area contributed by atoms with Crippen LogP contribution in [0.4, 0.5) is 0 Å². The zero-order chi connectivity index (χ0) is 15.9. The molecule has 0 bridgehead atoms. The lowest BCUT2D eigenvalue weighted by Crippen LogP contribution is -2.33. The van der Waals surface area contributed by atoms with E-state index >= 15 is 0 Å². The first kappa shape index (κ1) is 16.4. The van der Waals surface area contributed by atoms with E-state index in [1.807, 2.05) is 18.2 Å². The van der Waals surface area contributed by atoms with Crippen LogP contribution in [0.15, 0.2) is 35.4 Å². The highest BCUT2D eigenvalue weighted by Crippen LogP contribution is 2.21. The quantitative estimate of drug-likeness (QED) is 0.418. The van der Waals surface area contributed by atoms with Crippen LogP contribution in [0.25, 0.3) is 0 Å². The summed E-state index contributed by atoms with van der Waals surface area (Å²) in [5.41, 5.74) is 1.17. The Hall–Kier alpha value is -1.97. The van der Waals surface area contributed by atoms with Gasteiger partial charge in [-0.15, -0.1) is 0 Å². The van der Waals surface area contributed by atoms with Crippen molar-refractivity contribution in [3.05, 3.63) is 35.9 Å². The van der Waals surface area contributed by atoms with Gasteiger partial charge in [-0.05, 0) is 13.3 Å². The number of benzene rings is 1. The number of hydrogen-bond acceptors (Lipinski definition) is 3. The maximum atomic E-state index is 12.5. The summed E-state index contributed by atoms with van der Waals surface area (Å²) in [5, 5.41) is 5.77. The molecule has 0 saturated heterocycles. The Morgan fingerprint density at radius 1 is 1.14 bits per heavy atom. The number of amides is 1. The fourth-order valence-corrected chi connectivity index (χ4v) is 2.72. The lowest BCUT2D eigenvalue weighted by molar-refractivity contribution is -0.130. The molecule has 0 spiro atoms. The third-order valence-electron chi connectivity index (χ3n) is 3.99. The average Bonchev–Trinajstić information content (AvgIpc) is 2.81. The van der Waals surface area contributed by atoms with Crippen molar-refractivity contribution < 1.29 is 9.59 Å². The van der Waals surface area contributed by atoms with Crippen LogP contribution < -0.4 is 0 Å². The SMILES string of the molecule is CCCCCCCN1N=C(C)[C@@H](C(=O)c2ccccc2)C1=O. The second kappa shape index (κ2) is 7.87. The van der Waals surface area contributed by atoms with Crippen LogP contribution in [0.1, 0.15) is 56.3 Å². The number of unbranched alkanes of at least 4 members (excludes halogenated alkanes) is 4. The topological polar surface area (TPSA) is 49.7 Å². The maximum absolute atomic E-state index is 12.5. The van der Waals surface area contributed by atoms with Crippen LogP contribution >= 0.6 is 0 Å². The molecule has 2 rings (SSSR count). The van der Waals surface area contributed by atoms with Gasteiger partial charge in [-0.1, -0.05) is 62.9 Å². The maximum Gasteiger partial charge on any atom is 0.259 e. The van der Waals surface area contributed by atoms with E-state index < -0.39 is 5.92 Å². The molecule has 1 amide bonds. The first-order valence-electron chi connectivity index (χ1n) is 8.11. The Morgan fingerprint density at radius 2 is 1.82 bits per heavy atom. The van der Waals surface area contributed by atoms with Crippen molar-refractivity contribution in [3.8, 4) is 0 Å². The molecule has 1 aromatic carbocycles. The Labute approximate surface area is 132 Å². The minimum Gasteiger partial charge on any atom is -0.293 e. The Balaban J connectivity index is 1.94. The van der Waals surface area contributed by atoms with E-state index in [1.165, 1.54) is 24.3 Å². The van der Waals surface area contributed by atoms with Crippen molar-refractivity contribution in [3.63, 3.8) is 0 Å². The van der Waals surface area contributed by atoms with Gasteiger partial charge < -0.3 is 0 Å². The smallest absolute Gasteiger partial charge is 0.259 e. The van der Waals surface area contributed by atoms with Gasteiger partial charge in [-0.25, -0.2) is 5.01 Å². The van der Waals surface area contributed by atoms with Crippen molar-refractivity contribution in [2.75, 3.05) is 6.54 Å². The number of ketones is 1. The Bertz CT molecular complexity index is 551. The molecule has 0 aliphatic carbocycles. The van der Waals surface area contributed by atoms with Crippen LogP contribution in [0.3, 0.4) is 0 Å². The second-order valence-corrected chi connectivity index (χ2v) is 5.78. The number of nitrogens with zero attached hydrogens (tertiary/aromatic N) is 2. The lowest BCUT2D eigenvalue weighted by Gasteiger charge is -2.13. The summed E-state index contributed by atoms with van der Waals surface area (Å²) < 4.78 is 0. The van der Waals surface area contributed by atoms with Gasteiger partial charge >= 0.3 is 0 Å². The van der Waals surface area contributed by atoms with E-state index in [2.05, 4.69) is 12.0 Å². The third kappa shape index (κ3) is 3.81. The van der Waals surface area contributed by atoms with E-state index in [4.69, 9.17) is 0 Å². The van der Waals surface area contributed by atoms with Crippen LogP contribution in [0.5, 0.6) is 0 Å². The molecule has 0 fully saturated rings. The van der Waals surface area contributed by atoms with E-state index in [-0.39, 0.29) is 11.7 Å². The van der Waals surface area contributed by atoms with Gasteiger partial charge in [0.1, 0.15) is 5.92 Å². The highest BCUT2D eigenvalue weighted by Gasteiger charge is 2.38. The molecule has 4 heteroatoms. The summed E-state index contributed by atoms with van der Waals surface area (Å²) in [5.74, 6) is -1.07. The van der Waals surface area contributed by atoms with E-state index in [1.54, 1.807) is 19.1 Å². The molecule has 118 valence electrons. The van der Waals surface area contributed by atoms with Gasteiger partial charge in [0.25, 0.3) is 5.91 Å². The summed E-state index contributed by atoms with van der Waals surface area (Å²) in [6.07, 6.45) is 5.66. The number of carbonyl (C=O) groups excluding carboxylic acids is 2. The highest BCUT2D eigenvalue weighted by atomic mass is 16.2. The van der Waals surface area contributed by atoms with Crippen molar-refractivity contribution in [1.82, 2.24) is 5.01 Å². The van der Waals surface area contributed by atoms with E-state index in [9.17, 15) is 9.59 Å². The van der Waals surface area contributed by atoms with E-state index in [0.717, 1.165) is 12.8 Å². The molecule has 0 saturated carbocycles. The normalized spacial score (nSPS) is 17.7. The number of Topliss-reactive ketones (excluding diaryl/α,β-unsaturated/α-hetero) is 1. The summed E-state index contributed by atoms with van der Waals surface area (Å²) in [6, 6.07) is 8.97. The van der Waals surface area contributed by atoms with Gasteiger partial charge in [-0.2, -0.15) is 5.10 Å². The second-order valence-electron chi connectivity index (χ2n) is 5.78. The van der Waals surface area contributed by atoms with Gasteiger partial charge in [0.2, 0.25) is 0 Å². The summed E-state index contributed by atoms with van der Waals surface area (Å²) in [4.78, 5) is 24.9. The molecule has 1 aromatic rings. The van der Waals surface area contributed by atoms with Crippen LogP contribution in [0.2, 0.25) is 0 Å². The fourth-order valence-electron chi connectivity index (χ4n) is 2.72. The molecule has 0 unspecified atom stereocenters. The molecule has 1 heterocycles. The summed E-state index contributed by atoms with van der Waals surface area (Å²) in [7, 11) is 0. The minimum atomic E-state index is -0.738. The highest BCUT2D eigenvalue weighted by molar-refractivity contribution is 6.26. The number of hydrazone groups is 1. The third-order valence-corrected chi connectivity index (χ3v) is 3.99. The first-order chi connectivity index (χ1) is 10.6. The minimum absolute atomic E-state index is 0.152. The number of rotatable bonds is 8. The summed E-state index contributed by atoms with van der Waals surface area (Å²) in [6.45, 7) is 4.55. The number of carbonyl (C=O) groups is 2. The van der Waals surface area contributed by atoms with Crippen LogP contribution in [0, 0.1) is 5.92 Å². The Morgan fingerprint density at radius 3 is 2.50 bits per heavy atom. The molecule has 0 radical (unpaired) electrons. The molecule has 0 aromatic heterocycles. The van der Waals surface area contributed by atoms with Crippen molar-refractivity contribution in [2.24, 2.45) is 11.0 Å². The standard InChI is InChI=1S/C18H24N2O2/c1-3-4-5-6-10-13-20-18(22)16(14(2)19-20)17(21)15-11-8-7-9-12-15/h7-9,11-12,16H,3-6,10,13H2,1-2H3/t16-/m0/s1. The van der Waals surface area contributed by atoms with Crippen molar-refractivity contribution >= 4 is 17.4 Å². The average molecular weight is 300 g/mol. The fraction of sp³-hybridized carbons (Fsp3) is 0.500. The van der Waals surface area contributed by atoms with Gasteiger partial charge in [0, 0.05) is 12.1 Å². The Kier molecular flexibility index (Phi) is 5.87. The van der Waals surface area contributed by atoms with Crippen molar-refractivity contribution in [1.29, 1.82) is 0 Å². The molecule has 1 aliphatic rings.